The summed E-state index contributed by atoms with van der Waals surface area (Å²) in [6, 6.07) is 3.79. The summed E-state index contributed by atoms with van der Waals surface area (Å²) in [5.74, 6) is -11.8. The lowest BCUT2D eigenvalue weighted by molar-refractivity contribution is -0.527. The number of hydrogen-bond donors (Lipinski definition) is 6. The van der Waals surface area contributed by atoms with Crippen LogP contribution in [0.3, 0.4) is 0 Å². The zero-order valence-corrected chi connectivity index (χ0v) is 27.2. The second kappa shape index (κ2) is 13.9. The van der Waals surface area contributed by atoms with Gasteiger partial charge in [0.1, 0.15) is 24.0 Å². The largest absolute Gasteiger partial charge is 0.460 e. The first kappa shape index (κ1) is 36.2. The van der Waals surface area contributed by atoms with Crippen LogP contribution in [0.5, 0.6) is 5.75 Å². The SMILES string of the molecule is CCC(=O)c1ccc(F)c([C@@H]2C[C@@H]2NC(=O)Nc2ccc(Br)cn2)c1OC(O)(O)O[C@@]1(O)O[C@@](N)(C(C)C)C(=O)OOC[C@H](C)C1=O. The van der Waals surface area contributed by atoms with E-state index in [1.807, 2.05) is 0 Å². The predicted octanol–water partition coefficient (Wildman–Crippen LogP) is 1.91. The Kier molecular flexibility index (Phi) is 10.7. The van der Waals surface area contributed by atoms with Crippen LogP contribution in [0.2, 0.25) is 0 Å². The fraction of sp³-hybridized carbons (Fsp3) is 0.483. The van der Waals surface area contributed by atoms with Crippen molar-refractivity contribution < 1.29 is 62.9 Å². The summed E-state index contributed by atoms with van der Waals surface area (Å²) >= 11 is 3.24. The predicted molar refractivity (Wildman–Crippen MR) is 159 cm³/mol. The van der Waals surface area contributed by atoms with Crippen molar-refractivity contribution >= 4 is 45.3 Å². The lowest BCUT2D eigenvalue weighted by Crippen LogP contribution is -2.65. The highest BCUT2D eigenvalue weighted by Gasteiger charge is 2.58. The third kappa shape index (κ3) is 8.10. The molecular weight excluding hydrogens is 695 g/mol. The van der Waals surface area contributed by atoms with E-state index in [0.717, 1.165) is 12.1 Å². The van der Waals surface area contributed by atoms with Crippen molar-refractivity contribution in [2.45, 2.75) is 70.4 Å². The summed E-state index contributed by atoms with van der Waals surface area (Å²) in [4.78, 5) is 64.7. The lowest BCUT2D eigenvalue weighted by atomic mass is 9.99. The van der Waals surface area contributed by atoms with E-state index in [1.54, 1.807) is 6.07 Å². The standard InChI is InChI=1S/C29H34BrFN4O12/c1-5-20(36)16-7-8-18(31)22(17-10-19(17)34-26(39)35-21-9-6-15(30)11-33-21)23(16)44-29(41,42)47-28(40)24(37)14(4)12-43-45-25(38)27(32,46-28)13(2)3/h6-9,11,13-14,17,19,40-42H,5,10,12,32H2,1-4H3,(H2,33,34,35,39)/t14-,17+,19-,27-,28-/m0/s1. The molecular formula is C29H34BrFN4O12. The van der Waals surface area contributed by atoms with Crippen LogP contribution < -0.4 is 21.1 Å². The number of halogens is 2. The molecule has 2 amide bonds. The summed E-state index contributed by atoms with van der Waals surface area (Å²) in [6.45, 7) is 4.78. The molecule has 7 N–H and O–H groups in total. The Balaban J connectivity index is 1.65. The average Bonchev–Trinajstić information content (AvgIpc) is 3.73. The van der Waals surface area contributed by atoms with E-state index < -0.39 is 83.4 Å². The van der Waals surface area contributed by atoms with Crippen molar-refractivity contribution in [3.8, 4) is 5.75 Å². The van der Waals surface area contributed by atoms with Crippen molar-refractivity contribution in [2.24, 2.45) is 17.6 Å². The second-order valence-electron chi connectivity index (χ2n) is 11.3. The number of ether oxygens (including phenoxy) is 3. The molecule has 1 aromatic carbocycles. The van der Waals surface area contributed by atoms with Crippen LogP contribution in [0.4, 0.5) is 15.0 Å². The van der Waals surface area contributed by atoms with E-state index >= 15 is 4.39 Å². The highest BCUT2D eigenvalue weighted by atomic mass is 79.9. The van der Waals surface area contributed by atoms with Gasteiger partial charge in [-0.3, -0.25) is 30.3 Å². The van der Waals surface area contributed by atoms with Gasteiger partial charge in [0.15, 0.2) is 5.78 Å². The van der Waals surface area contributed by atoms with E-state index in [0.29, 0.717) is 4.47 Å². The van der Waals surface area contributed by atoms with Crippen molar-refractivity contribution in [3.63, 3.8) is 0 Å². The first-order valence-electron chi connectivity index (χ1n) is 14.4. The third-order valence-corrected chi connectivity index (χ3v) is 7.88. The van der Waals surface area contributed by atoms with Crippen LogP contribution in [0.25, 0.3) is 0 Å². The molecule has 0 bridgehead atoms. The number of carbonyl (C=O) groups excluding carboxylic acids is 4. The molecule has 1 saturated carbocycles. The first-order valence-corrected chi connectivity index (χ1v) is 15.2. The molecule has 1 saturated heterocycles. The Morgan fingerprint density at radius 1 is 1.26 bits per heavy atom. The molecule has 4 rings (SSSR count). The number of Topliss-reactive ketones (excluding diaryl/α,β-unsaturated/α-hetero) is 2. The maximum absolute atomic E-state index is 15.4. The number of ketones is 2. The summed E-state index contributed by atoms with van der Waals surface area (Å²) in [5, 5.41) is 38.2. The molecule has 2 aliphatic rings. The first-order chi connectivity index (χ1) is 21.9. The molecule has 47 heavy (non-hydrogen) atoms. The molecule has 16 nitrogen and oxygen atoms in total. The maximum atomic E-state index is 15.4. The van der Waals surface area contributed by atoms with Gasteiger partial charge < -0.3 is 25.4 Å². The van der Waals surface area contributed by atoms with E-state index in [1.165, 1.54) is 40.0 Å². The molecule has 0 radical (unpaired) electrons. The van der Waals surface area contributed by atoms with Crippen LogP contribution in [0.1, 0.15) is 62.4 Å². The minimum Gasteiger partial charge on any atom is -0.415 e. The topological polar surface area (TPSA) is 238 Å². The molecule has 2 heterocycles. The van der Waals surface area contributed by atoms with Gasteiger partial charge in [0, 0.05) is 40.5 Å². The van der Waals surface area contributed by atoms with Gasteiger partial charge >= 0.3 is 24.1 Å². The number of aromatic nitrogens is 1. The smallest absolute Gasteiger partial charge is 0.415 e. The van der Waals surface area contributed by atoms with Gasteiger partial charge in [-0.15, -0.1) is 0 Å². The van der Waals surface area contributed by atoms with Crippen molar-refractivity contribution in [2.75, 3.05) is 11.9 Å². The van der Waals surface area contributed by atoms with Crippen LogP contribution in [-0.4, -0.2) is 74.4 Å². The average molecular weight is 730 g/mol. The Hall–Kier alpha value is -3.62. The molecule has 0 unspecified atom stereocenters. The van der Waals surface area contributed by atoms with E-state index in [4.69, 9.17) is 24.8 Å². The summed E-state index contributed by atoms with van der Waals surface area (Å²) in [7, 11) is 0. The fourth-order valence-corrected chi connectivity index (χ4v) is 4.84. The number of nitrogens with one attached hydrogen (secondary N) is 2. The van der Waals surface area contributed by atoms with Crippen molar-refractivity contribution in [1.82, 2.24) is 10.3 Å². The number of pyridine rings is 1. The minimum absolute atomic E-state index is 0.129. The van der Waals surface area contributed by atoms with Crippen LogP contribution in [-0.2, 0) is 28.8 Å². The number of nitrogens with zero attached hydrogens (tertiary/aromatic N) is 1. The minimum atomic E-state index is -4.03. The van der Waals surface area contributed by atoms with Gasteiger partial charge in [-0.25, -0.2) is 23.7 Å². The number of amides is 2. The molecule has 1 aromatic heterocycles. The molecule has 1 aliphatic carbocycles. The van der Waals surface area contributed by atoms with E-state index in [2.05, 4.69) is 36.4 Å². The lowest BCUT2D eigenvalue weighted by Gasteiger charge is -2.39. The number of benzene rings is 1. The second-order valence-corrected chi connectivity index (χ2v) is 12.2. The van der Waals surface area contributed by atoms with E-state index in [-0.39, 0.29) is 29.8 Å². The Labute approximate surface area is 275 Å². The Morgan fingerprint density at radius 2 is 1.96 bits per heavy atom. The Bertz CT molecular complexity index is 1540. The molecule has 5 atom stereocenters. The quantitative estimate of drug-likeness (QED) is 0.116. The molecule has 1 aliphatic heterocycles. The number of carbonyl (C=O) groups is 4. The number of aliphatic hydroxyl groups is 3. The highest BCUT2D eigenvalue weighted by molar-refractivity contribution is 9.10. The molecule has 18 heteroatoms. The molecule has 256 valence electrons. The zero-order valence-electron chi connectivity index (χ0n) is 25.6. The number of hydrogen-bond acceptors (Lipinski definition) is 14. The summed E-state index contributed by atoms with van der Waals surface area (Å²) in [6.07, 6.45) is -2.56. The van der Waals surface area contributed by atoms with Gasteiger partial charge in [-0.05, 0) is 46.6 Å². The van der Waals surface area contributed by atoms with Crippen molar-refractivity contribution in [3.05, 3.63) is 51.9 Å². The van der Waals surface area contributed by atoms with Gasteiger partial charge in [-0.1, -0.05) is 27.7 Å². The number of urea groups is 1. The van der Waals surface area contributed by atoms with Gasteiger partial charge in [0.25, 0.3) is 0 Å². The number of nitrogens with two attached hydrogens (primary N) is 1. The zero-order chi connectivity index (χ0) is 34.9. The van der Waals surface area contributed by atoms with Crippen LogP contribution in [0, 0.1) is 17.7 Å². The Morgan fingerprint density at radius 3 is 2.57 bits per heavy atom. The third-order valence-electron chi connectivity index (χ3n) is 7.41. The maximum Gasteiger partial charge on any atom is 0.460 e. The van der Waals surface area contributed by atoms with Gasteiger partial charge in [0.2, 0.25) is 11.5 Å². The highest BCUT2D eigenvalue weighted by Crippen LogP contribution is 2.48. The van der Waals surface area contributed by atoms with Gasteiger partial charge in [-0.2, -0.15) is 4.89 Å². The molecule has 0 spiro atoms. The fourth-order valence-electron chi connectivity index (χ4n) is 4.61. The summed E-state index contributed by atoms with van der Waals surface area (Å²) < 4.78 is 31.4. The van der Waals surface area contributed by atoms with Crippen LogP contribution >= 0.6 is 15.9 Å². The normalized spacial score (nSPS) is 26.5. The van der Waals surface area contributed by atoms with Crippen LogP contribution in [0.15, 0.2) is 34.9 Å². The monoisotopic (exact) mass is 728 g/mol. The van der Waals surface area contributed by atoms with Crippen molar-refractivity contribution in [1.29, 1.82) is 0 Å². The number of anilines is 1. The summed E-state index contributed by atoms with van der Waals surface area (Å²) in [5.41, 5.74) is 2.71. The molecule has 2 aromatic rings. The number of rotatable bonds is 10. The van der Waals surface area contributed by atoms with Gasteiger partial charge in [0.05, 0.1) is 11.5 Å². The van der Waals surface area contributed by atoms with E-state index in [9.17, 15) is 34.5 Å². The molecule has 2 fully saturated rings.